The smallest absolute Gasteiger partial charge is 0.148 e. The molecule has 2 rings (SSSR count). The van der Waals surface area contributed by atoms with Gasteiger partial charge in [-0.15, -0.1) is 0 Å². The van der Waals surface area contributed by atoms with Gasteiger partial charge in [-0.05, 0) is 25.5 Å². The Labute approximate surface area is 113 Å². The van der Waals surface area contributed by atoms with Gasteiger partial charge in [0.05, 0.1) is 23.3 Å². The summed E-state index contributed by atoms with van der Waals surface area (Å²) in [7, 11) is 0. The Morgan fingerprint density at radius 3 is 2.63 bits per heavy atom. The van der Waals surface area contributed by atoms with Gasteiger partial charge in [-0.2, -0.15) is 0 Å². The number of para-hydroxylation sites is 2. The van der Waals surface area contributed by atoms with Gasteiger partial charge in [-0.1, -0.05) is 12.1 Å². The topological polar surface area (TPSA) is 73.1 Å². The van der Waals surface area contributed by atoms with E-state index in [1.54, 1.807) is 0 Å². The first-order chi connectivity index (χ1) is 9.31. The summed E-state index contributed by atoms with van der Waals surface area (Å²) in [4.78, 5) is 9.11. The van der Waals surface area contributed by atoms with Crippen LogP contribution in [0.1, 0.15) is 12.1 Å². The van der Waals surface area contributed by atoms with Crippen molar-refractivity contribution >= 4 is 16.9 Å². The number of hydrogen-bond acceptors (Lipinski definition) is 5. The van der Waals surface area contributed by atoms with Crippen molar-refractivity contribution in [2.45, 2.75) is 13.3 Å². The molecular formula is C14H20N4O. The van der Waals surface area contributed by atoms with E-state index in [0.29, 0.717) is 19.8 Å². The van der Waals surface area contributed by atoms with Gasteiger partial charge in [-0.25, -0.2) is 9.97 Å². The standard InChI is InChI=1S/C14H20N4O/c1-11-14(16-8-4-9-19-10-7-15)18-13-6-3-2-5-12(13)17-11/h2-3,5-6H,4,7-10,15H2,1H3,(H,16,18). The average molecular weight is 260 g/mol. The van der Waals surface area contributed by atoms with Crippen LogP contribution in [0.5, 0.6) is 0 Å². The van der Waals surface area contributed by atoms with E-state index in [1.165, 1.54) is 0 Å². The molecule has 2 aromatic rings. The highest BCUT2D eigenvalue weighted by molar-refractivity contribution is 5.76. The second-order valence-electron chi connectivity index (χ2n) is 4.33. The molecule has 0 unspecified atom stereocenters. The van der Waals surface area contributed by atoms with Crippen LogP contribution in [-0.2, 0) is 4.74 Å². The summed E-state index contributed by atoms with van der Waals surface area (Å²) in [5.41, 5.74) is 8.11. The fourth-order valence-corrected chi connectivity index (χ4v) is 1.82. The lowest BCUT2D eigenvalue weighted by atomic mass is 10.3. The molecule has 5 nitrogen and oxygen atoms in total. The lowest BCUT2D eigenvalue weighted by Gasteiger charge is -2.09. The first-order valence-corrected chi connectivity index (χ1v) is 6.56. The summed E-state index contributed by atoms with van der Waals surface area (Å²) in [6.07, 6.45) is 0.925. The number of hydrogen-bond donors (Lipinski definition) is 2. The van der Waals surface area contributed by atoms with E-state index in [1.807, 2.05) is 31.2 Å². The quantitative estimate of drug-likeness (QED) is 0.741. The summed E-state index contributed by atoms with van der Waals surface area (Å²) in [5.74, 6) is 0.845. The number of benzene rings is 1. The molecule has 19 heavy (non-hydrogen) atoms. The molecule has 0 radical (unpaired) electrons. The molecule has 1 heterocycles. The van der Waals surface area contributed by atoms with Crippen LogP contribution in [-0.4, -0.2) is 36.3 Å². The molecule has 0 aliphatic carbocycles. The fourth-order valence-electron chi connectivity index (χ4n) is 1.82. The number of anilines is 1. The molecule has 0 saturated heterocycles. The number of ether oxygens (including phenoxy) is 1. The van der Waals surface area contributed by atoms with Crippen molar-refractivity contribution in [1.82, 2.24) is 9.97 Å². The number of rotatable bonds is 7. The van der Waals surface area contributed by atoms with Crippen LogP contribution in [0.25, 0.3) is 11.0 Å². The maximum Gasteiger partial charge on any atom is 0.148 e. The largest absolute Gasteiger partial charge is 0.380 e. The molecule has 0 aliphatic rings. The molecule has 0 saturated carbocycles. The van der Waals surface area contributed by atoms with Gasteiger partial charge in [0.25, 0.3) is 0 Å². The van der Waals surface area contributed by atoms with Crippen LogP contribution in [0.2, 0.25) is 0 Å². The molecule has 3 N–H and O–H groups in total. The minimum atomic E-state index is 0.572. The van der Waals surface area contributed by atoms with Crippen LogP contribution in [0.15, 0.2) is 24.3 Å². The number of nitrogens with one attached hydrogen (secondary N) is 1. The van der Waals surface area contributed by atoms with Gasteiger partial charge in [0.15, 0.2) is 0 Å². The third-order valence-electron chi connectivity index (χ3n) is 2.76. The molecule has 0 atom stereocenters. The van der Waals surface area contributed by atoms with Gasteiger partial charge >= 0.3 is 0 Å². The number of aryl methyl sites for hydroxylation is 1. The Morgan fingerprint density at radius 2 is 1.89 bits per heavy atom. The van der Waals surface area contributed by atoms with Crippen LogP contribution >= 0.6 is 0 Å². The zero-order valence-electron chi connectivity index (χ0n) is 11.2. The Hall–Kier alpha value is -1.72. The summed E-state index contributed by atoms with van der Waals surface area (Å²) in [6, 6.07) is 7.88. The predicted molar refractivity (Wildman–Crippen MR) is 77.3 cm³/mol. The van der Waals surface area contributed by atoms with Crippen molar-refractivity contribution in [3.8, 4) is 0 Å². The van der Waals surface area contributed by atoms with Crippen molar-refractivity contribution in [1.29, 1.82) is 0 Å². The zero-order valence-corrected chi connectivity index (χ0v) is 11.2. The van der Waals surface area contributed by atoms with Crippen molar-refractivity contribution in [3.63, 3.8) is 0 Å². The van der Waals surface area contributed by atoms with Gasteiger partial charge in [0, 0.05) is 19.7 Å². The highest BCUT2D eigenvalue weighted by atomic mass is 16.5. The SMILES string of the molecule is Cc1nc2ccccc2nc1NCCCOCCN. The highest BCUT2D eigenvalue weighted by Crippen LogP contribution is 2.15. The van der Waals surface area contributed by atoms with Crippen LogP contribution in [0.4, 0.5) is 5.82 Å². The zero-order chi connectivity index (χ0) is 13.5. The first-order valence-electron chi connectivity index (χ1n) is 6.56. The van der Waals surface area contributed by atoms with E-state index in [2.05, 4.69) is 15.3 Å². The molecule has 1 aromatic carbocycles. The van der Waals surface area contributed by atoms with Gasteiger partial charge < -0.3 is 15.8 Å². The van der Waals surface area contributed by atoms with E-state index in [4.69, 9.17) is 10.5 Å². The van der Waals surface area contributed by atoms with E-state index in [0.717, 1.165) is 35.5 Å². The average Bonchev–Trinajstić information content (AvgIpc) is 2.43. The number of nitrogens with zero attached hydrogens (tertiary/aromatic N) is 2. The number of fused-ring (bicyclic) bond motifs is 1. The van der Waals surface area contributed by atoms with Gasteiger partial charge in [-0.3, -0.25) is 0 Å². The molecule has 5 heteroatoms. The van der Waals surface area contributed by atoms with Crippen LogP contribution in [0.3, 0.4) is 0 Å². The summed E-state index contributed by atoms with van der Waals surface area (Å²) in [5, 5.41) is 3.30. The molecule has 102 valence electrons. The van der Waals surface area contributed by atoms with Crippen molar-refractivity contribution in [2.24, 2.45) is 5.73 Å². The second kappa shape index (κ2) is 7.01. The molecule has 0 fully saturated rings. The molecule has 0 amide bonds. The van der Waals surface area contributed by atoms with Crippen molar-refractivity contribution in [3.05, 3.63) is 30.0 Å². The van der Waals surface area contributed by atoms with E-state index in [-0.39, 0.29) is 0 Å². The number of nitrogens with two attached hydrogens (primary N) is 1. The summed E-state index contributed by atoms with van der Waals surface area (Å²) >= 11 is 0. The lowest BCUT2D eigenvalue weighted by molar-refractivity contribution is 0.141. The normalized spacial score (nSPS) is 10.8. The predicted octanol–water partition coefficient (Wildman–Crippen LogP) is 1.72. The maximum atomic E-state index is 5.35. The van der Waals surface area contributed by atoms with Gasteiger partial charge in [0.1, 0.15) is 5.82 Å². The Kier molecular flexibility index (Phi) is 5.06. The second-order valence-corrected chi connectivity index (χ2v) is 4.33. The number of aromatic nitrogens is 2. The Balaban J connectivity index is 1.91. The Morgan fingerprint density at radius 1 is 1.16 bits per heavy atom. The summed E-state index contributed by atoms with van der Waals surface area (Å²) < 4.78 is 5.32. The van der Waals surface area contributed by atoms with E-state index in [9.17, 15) is 0 Å². The van der Waals surface area contributed by atoms with E-state index < -0.39 is 0 Å². The monoisotopic (exact) mass is 260 g/mol. The minimum Gasteiger partial charge on any atom is -0.380 e. The van der Waals surface area contributed by atoms with Crippen LogP contribution in [0, 0.1) is 6.92 Å². The fraction of sp³-hybridized carbons (Fsp3) is 0.429. The molecule has 1 aromatic heterocycles. The molecule has 0 bridgehead atoms. The third kappa shape index (κ3) is 3.87. The molecule has 0 aliphatic heterocycles. The lowest BCUT2D eigenvalue weighted by Crippen LogP contribution is -2.12. The van der Waals surface area contributed by atoms with Crippen LogP contribution < -0.4 is 11.1 Å². The summed E-state index contributed by atoms with van der Waals surface area (Å²) in [6.45, 7) is 4.69. The molecule has 0 spiro atoms. The van der Waals surface area contributed by atoms with Crippen molar-refractivity contribution in [2.75, 3.05) is 31.6 Å². The highest BCUT2D eigenvalue weighted by Gasteiger charge is 2.03. The Bertz CT molecular complexity index is 530. The minimum absolute atomic E-state index is 0.572. The first kappa shape index (κ1) is 13.7. The molecular weight excluding hydrogens is 240 g/mol. The maximum absolute atomic E-state index is 5.35. The van der Waals surface area contributed by atoms with E-state index >= 15 is 0 Å². The van der Waals surface area contributed by atoms with Crippen molar-refractivity contribution < 1.29 is 4.74 Å². The third-order valence-corrected chi connectivity index (χ3v) is 2.76. The van der Waals surface area contributed by atoms with Gasteiger partial charge in [0.2, 0.25) is 0 Å².